The Morgan fingerprint density at radius 1 is 0.879 bits per heavy atom. The molecule has 4 rings (SSSR count). The second-order valence-corrected chi connectivity index (χ2v) is 8.94. The molecule has 2 heterocycles. The number of piperidine rings is 1. The average Bonchev–Trinajstić information content (AvgIpc) is 2.84. The monoisotopic (exact) mass is 468 g/mol. The van der Waals surface area contributed by atoms with E-state index in [9.17, 15) is 14.4 Å². The largest absolute Gasteiger partial charge is 0.355 e. The smallest absolute Gasteiger partial charge is 0.317 e. The molecule has 0 unspecified atom stereocenters. The summed E-state index contributed by atoms with van der Waals surface area (Å²) < 4.78 is 2.73. The molecule has 174 valence electrons. The van der Waals surface area contributed by atoms with Gasteiger partial charge in [-0.3, -0.25) is 23.5 Å². The van der Waals surface area contributed by atoms with Gasteiger partial charge >= 0.3 is 11.1 Å². The van der Waals surface area contributed by atoms with E-state index in [0.29, 0.717) is 22.6 Å². The summed E-state index contributed by atoms with van der Waals surface area (Å²) in [6, 6.07) is 14.3. The number of nitrogens with one attached hydrogen (secondary N) is 1. The highest BCUT2D eigenvalue weighted by Crippen LogP contribution is 2.14. The van der Waals surface area contributed by atoms with Crippen LogP contribution in [0.3, 0.4) is 0 Å². The number of para-hydroxylation sites is 2. The highest BCUT2D eigenvalue weighted by Gasteiger charge is 2.16. The average molecular weight is 469 g/mol. The first-order valence-electron chi connectivity index (χ1n) is 11.5. The summed E-state index contributed by atoms with van der Waals surface area (Å²) in [5, 5.41) is 3.50. The summed E-state index contributed by atoms with van der Waals surface area (Å²) >= 11 is 5.96. The summed E-state index contributed by atoms with van der Waals surface area (Å²) in [6.45, 7) is 3.83. The van der Waals surface area contributed by atoms with Crippen LogP contribution in [-0.4, -0.2) is 46.1 Å². The lowest BCUT2D eigenvalue weighted by Crippen LogP contribution is -2.44. The van der Waals surface area contributed by atoms with Gasteiger partial charge in [-0.15, -0.1) is 0 Å². The van der Waals surface area contributed by atoms with Crippen LogP contribution in [0, 0.1) is 0 Å². The molecule has 1 saturated heterocycles. The predicted octanol–water partition coefficient (Wildman–Crippen LogP) is 2.86. The summed E-state index contributed by atoms with van der Waals surface area (Å²) in [7, 11) is 0. The number of carbonyl (C=O) groups is 1. The van der Waals surface area contributed by atoms with E-state index < -0.39 is 11.1 Å². The maximum absolute atomic E-state index is 13.0. The number of benzene rings is 2. The summed E-state index contributed by atoms with van der Waals surface area (Å²) in [5.41, 5.74) is 0.664. The predicted molar refractivity (Wildman–Crippen MR) is 131 cm³/mol. The van der Waals surface area contributed by atoms with E-state index in [-0.39, 0.29) is 19.0 Å². The Morgan fingerprint density at radius 2 is 1.52 bits per heavy atom. The van der Waals surface area contributed by atoms with Gasteiger partial charge in [-0.25, -0.2) is 0 Å². The quantitative estimate of drug-likeness (QED) is 0.407. The maximum Gasteiger partial charge on any atom is 0.317 e. The van der Waals surface area contributed by atoms with Crippen molar-refractivity contribution in [3.63, 3.8) is 0 Å². The molecule has 3 aromatic rings. The number of fused-ring (bicyclic) bond motifs is 1. The Hall–Kier alpha value is -2.90. The number of carbonyl (C=O) groups excluding carboxylic acids is 1. The number of likely N-dealkylation sites (tertiary alicyclic amines) is 1. The van der Waals surface area contributed by atoms with Gasteiger partial charge in [0.2, 0.25) is 5.91 Å². The molecule has 1 N–H and O–H groups in total. The van der Waals surface area contributed by atoms with Gasteiger partial charge in [0.25, 0.3) is 0 Å². The molecule has 0 saturated carbocycles. The topological polar surface area (TPSA) is 76.3 Å². The lowest BCUT2D eigenvalue weighted by atomic mass is 10.1. The SMILES string of the molecule is O=C(Cn1c(=O)c(=O)n(Cc2ccc(Cl)cc2)c2ccccc21)NCCCN1CCCCC1. The van der Waals surface area contributed by atoms with Crippen molar-refractivity contribution in [2.24, 2.45) is 0 Å². The molecule has 0 aliphatic carbocycles. The molecular weight excluding hydrogens is 440 g/mol. The summed E-state index contributed by atoms with van der Waals surface area (Å²) in [4.78, 5) is 40.9. The van der Waals surface area contributed by atoms with Crippen molar-refractivity contribution in [2.75, 3.05) is 26.2 Å². The van der Waals surface area contributed by atoms with E-state index >= 15 is 0 Å². The van der Waals surface area contributed by atoms with Crippen LogP contribution in [0.5, 0.6) is 0 Å². The Morgan fingerprint density at radius 3 is 2.21 bits per heavy atom. The fourth-order valence-corrected chi connectivity index (χ4v) is 4.50. The number of aromatic nitrogens is 2. The summed E-state index contributed by atoms with van der Waals surface area (Å²) in [6.07, 6.45) is 4.65. The zero-order valence-corrected chi connectivity index (χ0v) is 19.4. The molecule has 0 spiro atoms. The molecule has 33 heavy (non-hydrogen) atoms. The minimum absolute atomic E-state index is 0.180. The van der Waals surface area contributed by atoms with Crippen LogP contribution >= 0.6 is 11.6 Å². The van der Waals surface area contributed by atoms with Crippen LogP contribution < -0.4 is 16.4 Å². The van der Waals surface area contributed by atoms with Crippen molar-refractivity contribution in [3.8, 4) is 0 Å². The van der Waals surface area contributed by atoms with Crippen LogP contribution in [-0.2, 0) is 17.9 Å². The third kappa shape index (κ3) is 5.72. The van der Waals surface area contributed by atoms with E-state index in [1.807, 2.05) is 18.2 Å². The number of rotatable bonds is 8. The number of hydrogen-bond donors (Lipinski definition) is 1. The number of hydrogen-bond acceptors (Lipinski definition) is 4. The van der Waals surface area contributed by atoms with E-state index in [1.165, 1.54) is 28.4 Å². The number of halogens is 1. The molecule has 1 aromatic heterocycles. The van der Waals surface area contributed by atoms with Crippen molar-refractivity contribution in [1.29, 1.82) is 0 Å². The Kier molecular flexibility index (Phi) is 7.62. The normalized spacial score (nSPS) is 14.5. The van der Waals surface area contributed by atoms with Gasteiger partial charge in [-0.1, -0.05) is 42.3 Å². The van der Waals surface area contributed by atoms with E-state index in [1.54, 1.807) is 30.3 Å². The van der Waals surface area contributed by atoms with E-state index in [0.717, 1.165) is 31.6 Å². The minimum Gasteiger partial charge on any atom is -0.355 e. The third-order valence-electron chi connectivity index (χ3n) is 6.11. The molecule has 1 aliphatic rings. The van der Waals surface area contributed by atoms with Gasteiger partial charge in [0.05, 0.1) is 17.6 Å². The standard InChI is InChI=1S/C25H29ClN4O3/c26-20-11-9-19(10-12-20)17-29-21-7-2-3-8-22(21)30(25(33)24(29)32)18-23(31)27-13-6-16-28-14-4-1-5-15-28/h2-3,7-12H,1,4-6,13-18H2,(H,27,31). The van der Waals surface area contributed by atoms with Crippen molar-refractivity contribution >= 4 is 28.5 Å². The molecular formula is C25H29ClN4O3. The van der Waals surface area contributed by atoms with E-state index in [2.05, 4.69) is 10.2 Å². The fraction of sp³-hybridized carbons (Fsp3) is 0.400. The van der Waals surface area contributed by atoms with Crippen molar-refractivity contribution in [3.05, 3.63) is 79.8 Å². The second-order valence-electron chi connectivity index (χ2n) is 8.50. The van der Waals surface area contributed by atoms with Crippen LogP contribution in [0.25, 0.3) is 11.0 Å². The van der Waals surface area contributed by atoms with Crippen LogP contribution in [0.1, 0.15) is 31.2 Å². The first-order valence-corrected chi connectivity index (χ1v) is 11.9. The first-order chi connectivity index (χ1) is 16.0. The number of amides is 1. The highest BCUT2D eigenvalue weighted by molar-refractivity contribution is 6.30. The molecule has 1 aliphatic heterocycles. The molecule has 0 radical (unpaired) electrons. The lowest BCUT2D eigenvalue weighted by molar-refractivity contribution is -0.121. The lowest BCUT2D eigenvalue weighted by Gasteiger charge is -2.26. The molecule has 1 fully saturated rings. The maximum atomic E-state index is 13.0. The van der Waals surface area contributed by atoms with E-state index in [4.69, 9.17) is 11.6 Å². The third-order valence-corrected chi connectivity index (χ3v) is 6.37. The Labute approximate surface area is 197 Å². The van der Waals surface area contributed by atoms with Gasteiger partial charge in [0.15, 0.2) is 0 Å². The Balaban J connectivity index is 1.49. The van der Waals surface area contributed by atoms with Gasteiger partial charge in [-0.05, 0) is 68.7 Å². The van der Waals surface area contributed by atoms with Gasteiger partial charge in [0, 0.05) is 11.6 Å². The minimum atomic E-state index is -0.703. The van der Waals surface area contributed by atoms with Crippen molar-refractivity contribution in [2.45, 2.75) is 38.8 Å². The van der Waals surface area contributed by atoms with Gasteiger partial charge in [0.1, 0.15) is 6.54 Å². The first kappa shape index (κ1) is 23.3. The fourth-order valence-electron chi connectivity index (χ4n) is 4.37. The highest BCUT2D eigenvalue weighted by atomic mass is 35.5. The zero-order chi connectivity index (χ0) is 23.2. The van der Waals surface area contributed by atoms with Crippen molar-refractivity contribution in [1.82, 2.24) is 19.4 Å². The van der Waals surface area contributed by atoms with Gasteiger partial charge in [-0.2, -0.15) is 0 Å². The molecule has 0 atom stereocenters. The van der Waals surface area contributed by atoms with Crippen molar-refractivity contribution < 1.29 is 4.79 Å². The summed E-state index contributed by atoms with van der Waals surface area (Å²) in [5.74, 6) is -0.268. The molecule has 1 amide bonds. The van der Waals surface area contributed by atoms with Crippen LogP contribution in [0.4, 0.5) is 0 Å². The molecule has 0 bridgehead atoms. The second kappa shape index (κ2) is 10.8. The van der Waals surface area contributed by atoms with Crippen LogP contribution in [0.15, 0.2) is 58.1 Å². The van der Waals surface area contributed by atoms with Crippen LogP contribution in [0.2, 0.25) is 5.02 Å². The van der Waals surface area contributed by atoms with Gasteiger partial charge < -0.3 is 10.2 Å². The number of nitrogens with zero attached hydrogens (tertiary/aromatic N) is 3. The molecule has 7 nitrogen and oxygen atoms in total. The zero-order valence-electron chi connectivity index (χ0n) is 18.6. The molecule has 8 heteroatoms. The Bertz CT molecular complexity index is 1230. The molecule has 2 aromatic carbocycles.